The lowest BCUT2D eigenvalue weighted by Crippen LogP contribution is -2.45. The number of anilines is 1. The first kappa shape index (κ1) is 23.3. The molecule has 0 bridgehead atoms. The van der Waals surface area contributed by atoms with Crippen LogP contribution < -0.4 is 10.6 Å². The van der Waals surface area contributed by atoms with Crippen LogP contribution in [0.3, 0.4) is 0 Å². The zero-order valence-corrected chi connectivity index (χ0v) is 18.6. The summed E-state index contributed by atoms with van der Waals surface area (Å²) >= 11 is 0. The number of terminal acetylenes is 1. The van der Waals surface area contributed by atoms with Crippen molar-refractivity contribution in [3.8, 4) is 18.1 Å². The van der Waals surface area contributed by atoms with Crippen molar-refractivity contribution in [1.82, 2.24) is 10.3 Å². The summed E-state index contributed by atoms with van der Waals surface area (Å²) in [7, 11) is 0. The molecular formula is C25H28FN3O3. The van der Waals surface area contributed by atoms with E-state index < -0.39 is 28.6 Å². The summed E-state index contributed by atoms with van der Waals surface area (Å²) in [6.45, 7) is 5.59. The van der Waals surface area contributed by atoms with Crippen LogP contribution >= 0.6 is 0 Å². The van der Waals surface area contributed by atoms with Crippen LogP contribution in [0.25, 0.3) is 0 Å². The Hall–Kier alpha value is -3.40. The molecule has 2 amide bonds. The Bertz CT molecular complexity index is 1080. The van der Waals surface area contributed by atoms with Crippen LogP contribution in [0, 0.1) is 18.2 Å². The summed E-state index contributed by atoms with van der Waals surface area (Å²) in [5.74, 6) is 1.18. The number of pyridine rings is 1. The van der Waals surface area contributed by atoms with Crippen molar-refractivity contribution in [2.45, 2.75) is 63.8 Å². The van der Waals surface area contributed by atoms with Gasteiger partial charge in [0.2, 0.25) is 5.91 Å². The predicted molar refractivity (Wildman–Crippen MR) is 121 cm³/mol. The Morgan fingerprint density at radius 2 is 1.94 bits per heavy atom. The van der Waals surface area contributed by atoms with Crippen molar-refractivity contribution in [3.05, 3.63) is 53.1 Å². The molecular weight excluding hydrogens is 409 g/mol. The molecule has 3 N–H and O–H groups in total. The monoisotopic (exact) mass is 437 g/mol. The van der Waals surface area contributed by atoms with Gasteiger partial charge in [-0.05, 0) is 55.4 Å². The lowest BCUT2D eigenvalue weighted by atomic mass is 9.85. The molecule has 2 aromatic rings. The molecule has 1 aliphatic carbocycles. The Morgan fingerprint density at radius 1 is 1.25 bits per heavy atom. The summed E-state index contributed by atoms with van der Waals surface area (Å²) in [6.07, 6.45) is 10.1. The predicted octanol–water partition coefficient (Wildman–Crippen LogP) is 4.08. The van der Waals surface area contributed by atoms with E-state index in [4.69, 9.17) is 6.42 Å². The lowest BCUT2D eigenvalue weighted by molar-refractivity contribution is -0.115. The van der Waals surface area contributed by atoms with Gasteiger partial charge in [0.25, 0.3) is 5.91 Å². The van der Waals surface area contributed by atoms with Crippen LogP contribution in [0.2, 0.25) is 0 Å². The van der Waals surface area contributed by atoms with E-state index in [-0.39, 0.29) is 23.4 Å². The van der Waals surface area contributed by atoms with E-state index in [2.05, 4.69) is 21.5 Å². The standard InChI is InChI=1S/C25H28FN3O3/c1-5-25(9-6-7-10-25)29-23(32)20-14-17(8-11-27-20)28-22(31)13-16-12-21(30)18(15-19(16)26)24(2,3)4/h1,8,11-12,14-15,30H,6-7,9-10,13H2,2-4H3,(H,29,32)(H,27,28,31). The number of rotatable bonds is 5. The number of phenols is 1. The molecule has 0 saturated heterocycles. The molecule has 1 heterocycles. The fraction of sp³-hybridized carbons (Fsp3) is 0.400. The zero-order chi connectivity index (χ0) is 23.5. The third-order valence-corrected chi connectivity index (χ3v) is 5.69. The molecule has 0 unspecified atom stereocenters. The maximum atomic E-state index is 14.5. The number of carbonyl (C=O) groups is 2. The van der Waals surface area contributed by atoms with Gasteiger partial charge in [0.1, 0.15) is 22.8 Å². The number of amides is 2. The quantitative estimate of drug-likeness (QED) is 0.615. The first-order valence-electron chi connectivity index (χ1n) is 10.6. The molecule has 6 nitrogen and oxygen atoms in total. The van der Waals surface area contributed by atoms with E-state index in [0.29, 0.717) is 11.3 Å². The number of benzene rings is 1. The average Bonchev–Trinajstić information content (AvgIpc) is 3.18. The molecule has 1 aromatic carbocycles. The SMILES string of the molecule is C#CC1(NC(=O)c2cc(NC(=O)Cc3cc(O)c(C(C)(C)C)cc3F)ccn2)CCCC1. The van der Waals surface area contributed by atoms with Crippen LogP contribution in [0.1, 0.15) is 68.1 Å². The number of aromatic hydroxyl groups is 1. The van der Waals surface area contributed by atoms with Gasteiger partial charge in [0, 0.05) is 23.0 Å². The minimum atomic E-state index is -0.656. The van der Waals surface area contributed by atoms with Crippen molar-refractivity contribution >= 4 is 17.5 Å². The highest BCUT2D eigenvalue weighted by molar-refractivity contribution is 5.96. The fourth-order valence-electron chi connectivity index (χ4n) is 3.92. The highest BCUT2D eigenvalue weighted by Crippen LogP contribution is 2.33. The van der Waals surface area contributed by atoms with Crippen molar-refractivity contribution in [3.63, 3.8) is 0 Å². The number of hydrogen-bond acceptors (Lipinski definition) is 4. The number of nitrogens with one attached hydrogen (secondary N) is 2. The molecule has 1 fully saturated rings. The largest absolute Gasteiger partial charge is 0.508 e. The Labute approximate surface area is 187 Å². The molecule has 3 rings (SSSR count). The van der Waals surface area contributed by atoms with Crippen molar-refractivity contribution < 1.29 is 19.1 Å². The summed E-state index contributed by atoms with van der Waals surface area (Å²) in [4.78, 5) is 29.2. The Morgan fingerprint density at radius 3 is 2.56 bits per heavy atom. The van der Waals surface area contributed by atoms with Gasteiger partial charge in [0.15, 0.2) is 0 Å². The van der Waals surface area contributed by atoms with Gasteiger partial charge < -0.3 is 15.7 Å². The fourth-order valence-corrected chi connectivity index (χ4v) is 3.92. The second-order valence-electron chi connectivity index (χ2n) is 9.25. The summed E-state index contributed by atoms with van der Waals surface area (Å²) in [5.41, 5.74) is -0.0596. The van der Waals surface area contributed by atoms with Gasteiger partial charge in [-0.15, -0.1) is 6.42 Å². The van der Waals surface area contributed by atoms with E-state index in [1.165, 1.54) is 30.5 Å². The highest BCUT2D eigenvalue weighted by atomic mass is 19.1. The van der Waals surface area contributed by atoms with Crippen LogP contribution in [-0.2, 0) is 16.6 Å². The van der Waals surface area contributed by atoms with Crippen LogP contribution in [0.15, 0.2) is 30.5 Å². The van der Waals surface area contributed by atoms with E-state index >= 15 is 0 Å². The van der Waals surface area contributed by atoms with Crippen molar-refractivity contribution in [1.29, 1.82) is 0 Å². The number of halogens is 1. The van der Waals surface area contributed by atoms with E-state index in [9.17, 15) is 19.1 Å². The molecule has 0 radical (unpaired) electrons. The average molecular weight is 438 g/mol. The minimum absolute atomic E-state index is 0.0566. The van der Waals surface area contributed by atoms with E-state index in [1.54, 1.807) is 0 Å². The van der Waals surface area contributed by atoms with Gasteiger partial charge in [0.05, 0.1) is 6.42 Å². The number of carbonyl (C=O) groups excluding carboxylic acids is 2. The molecule has 0 spiro atoms. The third kappa shape index (κ3) is 5.25. The topological polar surface area (TPSA) is 91.3 Å². The van der Waals surface area contributed by atoms with Gasteiger partial charge >= 0.3 is 0 Å². The molecule has 1 saturated carbocycles. The molecule has 1 aliphatic rings. The number of nitrogens with zero attached hydrogens (tertiary/aromatic N) is 1. The minimum Gasteiger partial charge on any atom is -0.508 e. The Balaban J connectivity index is 1.69. The molecule has 168 valence electrons. The molecule has 0 atom stereocenters. The lowest BCUT2D eigenvalue weighted by Gasteiger charge is -2.23. The summed E-state index contributed by atoms with van der Waals surface area (Å²) < 4.78 is 14.5. The normalized spacial score (nSPS) is 15.1. The number of aromatic nitrogens is 1. The van der Waals surface area contributed by atoms with Crippen molar-refractivity contribution in [2.75, 3.05) is 5.32 Å². The molecule has 7 heteroatoms. The summed E-state index contributed by atoms with van der Waals surface area (Å²) in [6, 6.07) is 5.53. The summed E-state index contributed by atoms with van der Waals surface area (Å²) in [5, 5.41) is 15.8. The zero-order valence-electron chi connectivity index (χ0n) is 18.6. The van der Waals surface area contributed by atoms with Gasteiger partial charge in [-0.1, -0.05) is 26.7 Å². The first-order valence-corrected chi connectivity index (χ1v) is 10.6. The van der Waals surface area contributed by atoms with Crippen molar-refractivity contribution in [2.24, 2.45) is 0 Å². The van der Waals surface area contributed by atoms with Gasteiger partial charge in [-0.2, -0.15) is 0 Å². The first-order chi connectivity index (χ1) is 15.0. The molecule has 0 aliphatic heterocycles. The second-order valence-corrected chi connectivity index (χ2v) is 9.25. The second kappa shape index (κ2) is 8.99. The van der Waals surface area contributed by atoms with Crippen LogP contribution in [0.4, 0.5) is 10.1 Å². The third-order valence-electron chi connectivity index (χ3n) is 5.69. The van der Waals surface area contributed by atoms with E-state index in [0.717, 1.165) is 25.7 Å². The Kier molecular flexibility index (Phi) is 6.54. The van der Waals surface area contributed by atoms with Crippen LogP contribution in [-0.4, -0.2) is 27.4 Å². The van der Waals surface area contributed by atoms with Gasteiger partial charge in [-0.25, -0.2) is 4.39 Å². The number of hydrogen-bond donors (Lipinski definition) is 3. The molecule has 1 aromatic heterocycles. The molecule has 32 heavy (non-hydrogen) atoms. The van der Waals surface area contributed by atoms with E-state index in [1.807, 2.05) is 20.8 Å². The van der Waals surface area contributed by atoms with Gasteiger partial charge in [-0.3, -0.25) is 14.6 Å². The van der Waals surface area contributed by atoms with Crippen LogP contribution in [0.5, 0.6) is 5.75 Å². The number of phenolic OH excluding ortho intramolecular Hbond substituents is 1. The smallest absolute Gasteiger partial charge is 0.271 e. The maximum absolute atomic E-state index is 14.5. The maximum Gasteiger partial charge on any atom is 0.271 e. The highest BCUT2D eigenvalue weighted by Gasteiger charge is 2.33.